The van der Waals surface area contributed by atoms with E-state index in [1.807, 2.05) is 18.8 Å². The Morgan fingerprint density at radius 1 is 1.39 bits per heavy atom. The van der Waals surface area contributed by atoms with Gasteiger partial charge in [0, 0.05) is 23.7 Å². The van der Waals surface area contributed by atoms with Crippen LogP contribution in [-0.2, 0) is 0 Å². The highest BCUT2D eigenvalue weighted by Crippen LogP contribution is 2.40. The van der Waals surface area contributed by atoms with Crippen LogP contribution in [0.5, 0.6) is 0 Å². The summed E-state index contributed by atoms with van der Waals surface area (Å²) in [6.07, 6.45) is 2.53. The summed E-state index contributed by atoms with van der Waals surface area (Å²) in [5.41, 5.74) is 4.24. The van der Waals surface area contributed by atoms with E-state index < -0.39 is 0 Å². The van der Waals surface area contributed by atoms with Crippen LogP contribution < -0.4 is 10.2 Å². The molecule has 0 amide bonds. The molecular formula is C15H24N2S. The second-order valence-corrected chi connectivity index (χ2v) is 6.31. The Bertz CT molecular complexity index is 417. The van der Waals surface area contributed by atoms with Crippen molar-refractivity contribution in [3.05, 3.63) is 23.3 Å². The smallest absolute Gasteiger partial charge is 0.0534 e. The molecule has 100 valence electrons. The molecule has 0 fully saturated rings. The third-order valence-corrected chi connectivity index (χ3v) is 4.88. The summed E-state index contributed by atoms with van der Waals surface area (Å²) < 4.78 is 0. The maximum Gasteiger partial charge on any atom is 0.0534 e. The SMILES string of the molecule is CNCCCC1CSc2cc(C)cc(C)c2N1C. The fourth-order valence-corrected chi connectivity index (χ4v) is 4.23. The quantitative estimate of drug-likeness (QED) is 0.841. The molecular weight excluding hydrogens is 240 g/mol. The number of nitrogens with zero attached hydrogens (tertiary/aromatic N) is 1. The zero-order valence-corrected chi connectivity index (χ0v) is 12.7. The van der Waals surface area contributed by atoms with Gasteiger partial charge in [0.05, 0.1) is 5.69 Å². The van der Waals surface area contributed by atoms with E-state index in [1.54, 1.807) is 0 Å². The molecule has 0 aliphatic carbocycles. The number of thioether (sulfide) groups is 1. The van der Waals surface area contributed by atoms with Crippen LogP contribution in [0.15, 0.2) is 17.0 Å². The molecule has 1 aromatic carbocycles. The first kappa shape index (κ1) is 13.8. The van der Waals surface area contributed by atoms with Gasteiger partial charge < -0.3 is 10.2 Å². The standard InChI is InChI=1S/C15H24N2S/c1-11-8-12(2)15-14(9-11)18-10-13(17(15)4)6-5-7-16-3/h8-9,13,16H,5-7,10H2,1-4H3. The highest BCUT2D eigenvalue weighted by atomic mass is 32.2. The largest absolute Gasteiger partial charge is 0.370 e. The van der Waals surface area contributed by atoms with Crippen LogP contribution in [0.3, 0.4) is 0 Å². The van der Waals surface area contributed by atoms with Crippen molar-refractivity contribution < 1.29 is 0 Å². The minimum Gasteiger partial charge on any atom is -0.370 e. The molecule has 0 saturated carbocycles. The molecule has 1 N–H and O–H groups in total. The number of fused-ring (bicyclic) bond motifs is 1. The summed E-state index contributed by atoms with van der Waals surface area (Å²) >= 11 is 2.02. The van der Waals surface area contributed by atoms with Gasteiger partial charge in [-0.25, -0.2) is 0 Å². The van der Waals surface area contributed by atoms with Crippen LogP contribution >= 0.6 is 11.8 Å². The second kappa shape index (κ2) is 5.98. The first-order chi connectivity index (χ1) is 8.63. The van der Waals surface area contributed by atoms with Crippen LogP contribution in [0.25, 0.3) is 0 Å². The molecule has 2 rings (SSSR count). The normalized spacial score (nSPS) is 18.9. The topological polar surface area (TPSA) is 15.3 Å². The molecule has 0 aromatic heterocycles. The van der Waals surface area contributed by atoms with E-state index in [1.165, 1.54) is 40.3 Å². The molecule has 3 heteroatoms. The Hall–Kier alpha value is -0.670. The third kappa shape index (κ3) is 2.83. The summed E-state index contributed by atoms with van der Waals surface area (Å²) in [7, 11) is 4.28. The fraction of sp³-hybridized carbons (Fsp3) is 0.600. The van der Waals surface area contributed by atoms with Crippen molar-refractivity contribution in [2.75, 3.05) is 31.3 Å². The fourth-order valence-electron chi connectivity index (χ4n) is 2.75. The van der Waals surface area contributed by atoms with Gasteiger partial charge in [-0.3, -0.25) is 0 Å². The number of anilines is 1. The molecule has 0 saturated heterocycles. The van der Waals surface area contributed by atoms with E-state index in [0.29, 0.717) is 6.04 Å². The lowest BCUT2D eigenvalue weighted by Gasteiger charge is -2.37. The number of aryl methyl sites for hydroxylation is 2. The van der Waals surface area contributed by atoms with E-state index in [-0.39, 0.29) is 0 Å². The Labute approximate surface area is 115 Å². The first-order valence-corrected chi connectivity index (χ1v) is 7.73. The Morgan fingerprint density at radius 3 is 2.89 bits per heavy atom. The van der Waals surface area contributed by atoms with E-state index in [9.17, 15) is 0 Å². The lowest BCUT2D eigenvalue weighted by Crippen LogP contribution is -2.37. The predicted octanol–water partition coefficient (Wildman–Crippen LogP) is 3.21. The Kier molecular flexibility index (Phi) is 4.57. The van der Waals surface area contributed by atoms with Crippen molar-refractivity contribution in [3.63, 3.8) is 0 Å². The minimum absolute atomic E-state index is 0.678. The molecule has 1 aromatic rings. The van der Waals surface area contributed by atoms with Gasteiger partial charge in [-0.15, -0.1) is 11.8 Å². The van der Waals surface area contributed by atoms with Crippen LogP contribution in [0.4, 0.5) is 5.69 Å². The molecule has 1 aliphatic heterocycles. The molecule has 0 spiro atoms. The molecule has 1 aliphatic rings. The second-order valence-electron chi connectivity index (χ2n) is 5.25. The Balaban J connectivity index is 2.15. The lowest BCUT2D eigenvalue weighted by molar-refractivity contribution is 0.577. The third-order valence-electron chi connectivity index (χ3n) is 3.71. The van der Waals surface area contributed by atoms with Crippen LogP contribution in [0.1, 0.15) is 24.0 Å². The van der Waals surface area contributed by atoms with Gasteiger partial charge in [0.15, 0.2) is 0 Å². The van der Waals surface area contributed by atoms with Gasteiger partial charge in [-0.1, -0.05) is 6.07 Å². The van der Waals surface area contributed by atoms with Gasteiger partial charge in [-0.2, -0.15) is 0 Å². The van der Waals surface area contributed by atoms with Crippen molar-refractivity contribution in [3.8, 4) is 0 Å². The van der Waals surface area contributed by atoms with Gasteiger partial charge in [0.25, 0.3) is 0 Å². The molecule has 1 heterocycles. The van der Waals surface area contributed by atoms with Gasteiger partial charge in [0.1, 0.15) is 0 Å². The van der Waals surface area contributed by atoms with E-state index in [0.717, 1.165) is 6.54 Å². The summed E-state index contributed by atoms with van der Waals surface area (Å²) in [6.45, 7) is 5.54. The zero-order chi connectivity index (χ0) is 13.1. The summed E-state index contributed by atoms with van der Waals surface area (Å²) in [5, 5.41) is 3.23. The number of hydrogen-bond donors (Lipinski definition) is 1. The summed E-state index contributed by atoms with van der Waals surface area (Å²) in [5.74, 6) is 1.22. The van der Waals surface area contributed by atoms with Crippen molar-refractivity contribution in [1.82, 2.24) is 5.32 Å². The lowest BCUT2D eigenvalue weighted by atomic mass is 10.1. The predicted molar refractivity (Wildman–Crippen MR) is 82.0 cm³/mol. The highest BCUT2D eigenvalue weighted by Gasteiger charge is 2.25. The van der Waals surface area contributed by atoms with Crippen molar-refractivity contribution in [2.24, 2.45) is 0 Å². The first-order valence-electron chi connectivity index (χ1n) is 6.75. The monoisotopic (exact) mass is 264 g/mol. The minimum atomic E-state index is 0.678. The van der Waals surface area contributed by atoms with Crippen molar-refractivity contribution in [2.45, 2.75) is 37.6 Å². The Morgan fingerprint density at radius 2 is 2.17 bits per heavy atom. The number of hydrogen-bond acceptors (Lipinski definition) is 3. The average molecular weight is 264 g/mol. The number of nitrogens with one attached hydrogen (secondary N) is 1. The molecule has 1 unspecified atom stereocenters. The zero-order valence-electron chi connectivity index (χ0n) is 11.9. The number of rotatable bonds is 4. The van der Waals surface area contributed by atoms with E-state index in [4.69, 9.17) is 0 Å². The van der Waals surface area contributed by atoms with Crippen molar-refractivity contribution in [1.29, 1.82) is 0 Å². The average Bonchev–Trinajstić information content (AvgIpc) is 2.31. The summed E-state index contributed by atoms with van der Waals surface area (Å²) in [4.78, 5) is 3.95. The molecule has 0 bridgehead atoms. The van der Waals surface area contributed by atoms with Crippen LogP contribution in [0.2, 0.25) is 0 Å². The molecule has 18 heavy (non-hydrogen) atoms. The van der Waals surface area contributed by atoms with Gasteiger partial charge >= 0.3 is 0 Å². The van der Waals surface area contributed by atoms with Crippen LogP contribution in [0, 0.1) is 13.8 Å². The van der Waals surface area contributed by atoms with E-state index in [2.05, 4.69) is 43.2 Å². The van der Waals surface area contributed by atoms with Crippen molar-refractivity contribution >= 4 is 17.4 Å². The highest BCUT2D eigenvalue weighted by molar-refractivity contribution is 7.99. The van der Waals surface area contributed by atoms with Crippen LogP contribution in [-0.4, -0.2) is 32.4 Å². The molecule has 0 radical (unpaired) electrons. The maximum atomic E-state index is 3.23. The maximum absolute atomic E-state index is 3.23. The molecule has 1 atom stereocenters. The van der Waals surface area contributed by atoms with Gasteiger partial charge in [0.2, 0.25) is 0 Å². The van der Waals surface area contributed by atoms with Gasteiger partial charge in [-0.05, 0) is 57.5 Å². The van der Waals surface area contributed by atoms with E-state index >= 15 is 0 Å². The number of benzene rings is 1. The molecule has 2 nitrogen and oxygen atoms in total. The summed E-state index contributed by atoms with van der Waals surface area (Å²) in [6, 6.07) is 5.30.